The van der Waals surface area contributed by atoms with Gasteiger partial charge in [0.15, 0.2) is 0 Å². The number of rotatable bonds is 6. The summed E-state index contributed by atoms with van der Waals surface area (Å²) in [5.41, 5.74) is 0.846. The lowest BCUT2D eigenvalue weighted by atomic mass is 10.2. The van der Waals surface area contributed by atoms with Crippen molar-refractivity contribution in [2.75, 3.05) is 31.9 Å². The molecule has 1 aliphatic heterocycles. The minimum Gasteiger partial charge on any atom is -0.338 e. The molecule has 7 nitrogen and oxygen atoms in total. The van der Waals surface area contributed by atoms with Gasteiger partial charge in [-0.3, -0.25) is 14.7 Å². The highest BCUT2D eigenvalue weighted by Gasteiger charge is 2.25. The van der Waals surface area contributed by atoms with Crippen LogP contribution in [0.1, 0.15) is 21.1 Å². The van der Waals surface area contributed by atoms with Crippen LogP contribution in [0.3, 0.4) is 0 Å². The number of nitrogens with one attached hydrogen (secondary N) is 1. The first kappa shape index (κ1) is 21.3. The number of thioether (sulfide) groups is 1. The van der Waals surface area contributed by atoms with E-state index < -0.39 is 0 Å². The Bertz CT molecular complexity index is 1060. The van der Waals surface area contributed by atoms with E-state index in [1.807, 2.05) is 17.5 Å². The second kappa shape index (κ2) is 9.88. The maximum atomic E-state index is 12.9. The summed E-state index contributed by atoms with van der Waals surface area (Å²) < 4.78 is 12.9. The quantitative estimate of drug-likeness (QED) is 0.575. The number of thiophene rings is 1. The smallest absolute Gasteiger partial charge is 0.264 e. The average molecular weight is 458 g/mol. The normalized spacial score (nSPS) is 14.4. The van der Waals surface area contributed by atoms with Gasteiger partial charge >= 0.3 is 0 Å². The Morgan fingerprint density at radius 1 is 1.10 bits per heavy atom. The second-order valence-corrected chi connectivity index (χ2v) is 8.72. The summed E-state index contributed by atoms with van der Waals surface area (Å²) in [6.07, 6.45) is 3.55. The number of amides is 2. The van der Waals surface area contributed by atoms with Gasteiger partial charge in [0.05, 0.1) is 10.6 Å². The Balaban J connectivity index is 1.23. The Morgan fingerprint density at radius 2 is 1.84 bits per heavy atom. The fourth-order valence-electron chi connectivity index (χ4n) is 3.08. The Labute approximate surface area is 187 Å². The second-order valence-electron chi connectivity index (χ2n) is 6.83. The van der Waals surface area contributed by atoms with Crippen LogP contribution in [0.5, 0.6) is 0 Å². The average Bonchev–Trinajstić information content (AvgIpc) is 3.49. The number of hydrogen-bond acceptors (Lipinski definition) is 6. The number of carbonyl (C=O) groups excluding carboxylic acids is 2. The van der Waals surface area contributed by atoms with Crippen molar-refractivity contribution in [2.45, 2.75) is 5.16 Å². The number of aromatic nitrogens is 3. The van der Waals surface area contributed by atoms with E-state index in [9.17, 15) is 14.0 Å². The maximum absolute atomic E-state index is 12.9. The van der Waals surface area contributed by atoms with Crippen LogP contribution in [0.25, 0.3) is 12.2 Å². The van der Waals surface area contributed by atoms with E-state index >= 15 is 0 Å². The summed E-state index contributed by atoms with van der Waals surface area (Å²) in [5, 5.41) is 9.30. The highest BCUT2D eigenvalue weighted by Crippen LogP contribution is 2.17. The van der Waals surface area contributed by atoms with Crippen LogP contribution in [-0.2, 0) is 4.79 Å². The molecule has 3 heterocycles. The molecule has 1 aliphatic rings. The molecule has 1 saturated heterocycles. The fraction of sp³-hybridized carbons (Fsp3) is 0.238. The number of carbonyl (C=O) groups is 2. The monoisotopic (exact) mass is 457 g/mol. The third-order valence-corrected chi connectivity index (χ3v) is 6.45. The molecule has 2 aromatic heterocycles. The van der Waals surface area contributed by atoms with Crippen molar-refractivity contribution in [1.29, 1.82) is 0 Å². The number of piperazine rings is 1. The maximum Gasteiger partial charge on any atom is 0.264 e. The van der Waals surface area contributed by atoms with Gasteiger partial charge < -0.3 is 9.80 Å². The van der Waals surface area contributed by atoms with Crippen molar-refractivity contribution in [3.05, 3.63) is 63.9 Å². The molecule has 160 valence electrons. The topological polar surface area (TPSA) is 82.2 Å². The van der Waals surface area contributed by atoms with Crippen LogP contribution in [0.2, 0.25) is 0 Å². The van der Waals surface area contributed by atoms with Crippen molar-refractivity contribution in [3.8, 4) is 0 Å². The van der Waals surface area contributed by atoms with Gasteiger partial charge in [0, 0.05) is 26.2 Å². The van der Waals surface area contributed by atoms with Crippen molar-refractivity contribution < 1.29 is 14.0 Å². The van der Waals surface area contributed by atoms with Gasteiger partial charge in [-0.2, -0.15) is 0 Å². The van der Waals surface area contributed by atoms with Gasteiger partial charge in [0.1, 0.15) is 11.6 Å². The number of halogens is 1. The zero-order valence-corrected chi connectivity index (χ0v) is 18.2. The van der Waals surface area contributed by atoms with Crippen molar-refractivity contribution >= 4 is 47.1 Å². The lowest BCUT2D eigenvalue weighted by Gasteiger charge is -2.34. The highest BCUT2D eigenvalue weighted by molar-refractivity contribution is 7.99. The molecule has 0 atom stereocenters. The summed E-state index contributed by atoms with van der Waals surface area (Å²) >= 11 is 2.70. The largest absolute Gasteiger partial charge is 0.338 e. The molecule has 2 amide bonds. The van der Waals surface area contributed by atoms with Gasteiger partial charge in [0.2, 0.25) is 11.1 Å². The first-order chi connectivity index (χ1) is 15.1. The van der Waals surface area contributed by atoms with Gasteiger partial charge in [0.25, 0.3) is 5.91 Å². The predicted octanol–water partition coefficient (Wildman–Crippen LogP) is 3.25. The molecule has 10 heteroatoms. The van der Waals surface area contributed by atoms with E-state index in [2.05, 4.69) is 15.2 Å². The summed E-state index contributed by atoms with van der Waals surface area (Å²) in [5.74, 6) is 0.535. The van der Waals surface area contributed by atoms with E-state index in [1.165, 1.54) is 35.2 Å². The zero-order chi connectivity index (χ0) is 21.6. The molecule has 3 aromatic rings. The van der Waals surface area contributed by atoms with Gasteiger partial charge in [-0.25, -0.2) is 9.37 Å². The molecule has 0 bridgehead atoms. The van der Waals surface area contributed by atoms with E-state index in [1.54, 1.807) is 34.1 Å². The first-order valence-corrected chi connectivity index (χ1v) is 11.5. The van der Waals surface area contributed by atoms with Crippen LogP contribution in [0, 0.1) is 5.82 Å². The van der Waals surface area contributed by atoms with Gasteiger partial charge in [-0.1, -0.05) is 36.0 Å². The predicted molar refractivity (Wildman–Crippen MR) is 119 cm³/mol. The van der Waals surface area contributed by atoms with Crippen LogP contribution in [0.15, 0.2) is 46.9 Å². The molecular formula is C21H20FN5O2S2. The molecule has 4 rings (SSSR count). The van der Waals surface area contributed by atoms with Crippen LogP contribution in [-0.4, -0.2) is 68.7 Å². The summed E-state index contributed by atoms with van der Waals surface area (Å²) in [6, 6.07) is 9.81. The van der Waals surface area contributed by atoms with E-state index in [0.29, 0.717) is 37.2 Å². The standard InChI is InChI=1S/C21H20FN5O2S2/c22-16-6-3-15(4-7-16)5-8-18-23-21(25-24-18)31-14-19(28)26-9-11-27(12-10-26)20(29)17-2-1-13-30-17/h1-8,13H,9-12,14H2,(H,23,24,25)/b8-5+. The molecule has 0 radical (unpaired) electrons. The molecule has 1 fully saturated rings. The Morgan fingerprint density at radius 3 is 2.55 bits per heavy atom. The summed E-state index contributed by atoms with van der Waals surface area (Å²) in [4.78, 5) is 33.5. The molecule has 0 unspecified atom stereocenters. The summed E-state index contributed by atoms with van der Waals surface area (Å²) in [7, 11) is 0. The van der Waals surface area contributed by atoms with Crippen molar-refractivity contribution in [3.63, 3.8) is 0 Å². The number of hydrogen-bond donors (Lipinski definition) is 1. The van der Waals surface area contributed by atoms with Gasteiger partial charge in [-0.15, -0.1) is 16.4 Å². The highest BCUT2D eigenvalue weighted by atomic mass is 32.2. The fourth-order valence-corrected chi connectivity index (χ4v) is 4.48. The first-order valence-electron chi connectivity index (χ1n) is 9.68. The third kappa shape index (κ3) is 5.59. The summed E-state index contributed by atoms with van der Waals surface area (Å²) in [6.45, 7) is 2.12. The minimum atomic E-state index is -0.282. The van der Waals surface area contributed by atoms with E-state index in [0.717, 1.165) is 10.4 Å². The molecule has 0 spiro atoms. The zero-order valence-electron chi connectivity index (χ0n) is 16.5. The molecule has 0 aliphatic carbocycles. The molecule has 31 heavy (non-hydrogen) atoms. The number of benzene rings is 1. The lowest BCUT2D eigenvalue weighted by molar-refractivity contribution is -0.129. The van der Waals surface area contributed by atoms with E-state index in [-0.39, 0.29) is 23.4 Å². The van der Waals surface area contributed by atoms with Crippen LogP contribution < -0.4 is 0 Å². The Kier molecular flexibility index (Phi) is 6.78. The molecule has 1 N–H and O–H groups in total. The van der Waals surface area contributed by atoms with Crippen molar-refractivity contribution in [2.24, 2.45) is 0 Å². The van der Waals surface area contributed by atoms with Crippen molar-refractivity contribution in [1.82, 2.24) is 25.0 Å². The molecule has 1 aromatic carbocycles. The van der Waals surface area contributed by atoms with Crippen LogP contribution >= 0.6 is 23.1 Å². The SMILES string of the molecule is O=C(CSc1n[nH]c(/C=C/c2ccc(F)cc2)n1)N1CCN(C(=O)c2cccs2)CC1. The van der Waals surface area contributed by atoms with Crippen LogP contribution in [0.4, 0.5) is 4.39 Å². The number of H-pyrrole nitrogens is 1. The lowest BCUT2D eigenvalue weighted by Crippen LogP contribution is -2.51. The molecule has 0 saturated carbocycles. The minimum absolute atomic E-state index is 0.00132. The van der Waals surface area contributed by atoms with Gasteiger partial charge in [-0.05, 0) is 35.2 Å². The van der Waals surface area contributed by atoms with E-state index in [4.69, 9.17) is 0 Å². The number of nitrogens with zero attached hydrogens (tertiary/aromatic N) is 4. The Hall–Kier alpha value is -2.98. The number of aromatic amines is 1. The third-order valence-electron chi connectivity index (χ3n) is 4.76. The molecular weight excluding hydrogens is 437 g/mol.